The topological polar surface area (TPSA) is 54.9 Å². The van der Waals surface area contributed by atoms with E-state index in [0.717, 1.165) is 36.2 Å². The second kappa shape index (κ2) is 6.80. The van der Waals surface area contributed by atoms with Crippen LogP contribution in [0.15, 0.2) is 72.8 Å². The highest BCUT2D eigenvalue weighted by atomic mass is 32.1. The van der Waals surface area contributed by atoms with E-state index >= 15 is 0 Å². The molecule has 4 nitrogen and oxygen atoms in total. The normalized spacial score (nSPS) is 11.9. The third-order valence-corrected chi connectivity index (χ3v) is 8.88. The Hall–Kier alpha value is -3.39. The lowest BCUT2D eigenvalue weighted by molar-refractivity contribution is 0.103. The number of anilines is 1. The second-order valence-corrected chi connectivity index (χ2v) is 10.6. The van der Waals surface area contributed by atoms with Crippen molar-refractivity contribution >= 4 is 66.0 Å². The van der Waals surface area contributed by atoms with E-state index in [1.807, 2.05) is 30.3 Å². The Morgan fingerprint density at radius 3 is 2.50 bits per heavy atom. The van der Waals surface area contributed by atoms with Gasteiger partial charge in [0.15, 0.2) is 5.13 Å². The number of aromatic nitrogens is 2. The summed E-state index contributed by atoms with van der Waals surface area (Å²) in [6.07, 6.45) is 0. The molecule has 6 aromatic rings. The number of carbonyl (C=O) groups excluding carboxylic acids is 1. The van der Waals surface area contributed by atoms with Crippen molar-refractivity contribution in [1.29, 1.82) is 0 Å². The summed E-state index contributed by atoms with van der Waals surface area (Å²) in [7, 11) is 0. The first-order valence-corrected chi connectivity index (χ1v) is 12.5. The standard InChI is InChI=1S/C25H13N3OS3/c29-23(18-11-12-19(30-18)24-26-16-9-1-2-10-17(16)31-24)28-25-27-21-14-7-3-5-13-6-4-8-15(20(13)14)22(21)32-25/h1-12H,(H,27,28,29). The number of benzene rings is 3. The van der Waals surface area contributed by atoms with Gasteiger partial charge in [-0.1, -0.05) is 59.9 Å². The van der Waals surface area contributed by atoms with Gasteiger partial charge in [0, 0.05) is 11.1 Å². The molecule has 1 aliphatic carbocycles. The highest BCUT2D eigenvalue weighted by molar-refractivity contribution is 7.26. The van der Waals surface area contributed by atoms with E-state index in [9.17, 15) is 4.79 Å². The Bertz CT molecular complexity index is 1600. The van der Waals surface area contributed by atoms with Gasteiger partial charge in [-0.05, 0) is 35.0 Å². The molecule has 1 aliphatic rings. The van der Waals surface area contributed by atoms with E-state index in [1.54, 1.807) is 11.3 Å². The van der Waals surface area contributed by atoms with Crippen LogP contribution in [-0.2, 0) is 0 Å². The maximum atomic E-state index is 12.9. The van der Waals surface area contributed by atoms with Crippen LogP contribution in [0.4, 0.5) is 5.13 Å². The number of hydrogen-bond acceptors (Lipinski definition) is 6. The van der Waals surface area contributed by atoms with Crippen LogP contribution in [0.3, 0.4) is 0 Å². The van der Waals surface area contributed by atoms with Crippen LogP contribution in [0.1, 0.15) is 9.67 Å². The van der Waals surface area contributed by atoms with E-state index in [2.05, 4.69) is 47.8 Å². The van der Waals surface area contributed by atoms with Gasteiger partial charge in [-0.15, -0.1) is 22.7 Å². The molecule has 0 saturated heterocycles. The largest absolute Gasteiger partial charge is 0.297 e. The molecule has 0 unspecified atom stereocenters. The average Bonchev–Trinajstić information content (AvgIpc) is 3.58. The molecular weight excluding hydrogens is 454 g/mol. The molecule has 0 radical (unpaired) electrons. The zero-order chi connectivity index (χ0) is 21.2. The number of para-hydroxylation sites is 1. The fourth-order valence-electron chi connectivity index (χ4n) is 4.18. The Balaban J connectivity index is 1.18. The highest BCUT2D eigenvalue weighted by Gasteiger charge is 2.26. The zero-order valence-electron chi connectivity index (χ0n) is 16.5. The molecule has 0 atom stereocenters. The van der Waals surface area contributed by atoms with Gasteiger partial charge >= 0.3 is 0 Å². The molecule has 7 rings (SSSR count). The summed E-state index contributed by atoms with van der Waals surface area (Å²) in [5.41, 5.74) is 4.28. The maximum Gasteiger partial charge on any atom is 0.267 e. The Morgan fingerprint density at radius 1 is 0.781 bits per heavy atom. The second-order valence-electron chi connectivity index (χ2n) is 7.51. The molecule has 3 aromatic heterocycles. The number of nitrogens with zero attached hydrogens (tertiary/aromatic N) is 2. The molecule has 3 aromatic carbocycles. The molecule has 1 N–H and O–H groups in total. The van der Waals surface area contributed by atoms with Crippen molar-refractivity contribution < 1.29 is 4.79 Å². The third-order valence-electron chi connectivity index (χ3n) is 5.59. The lowest BCUT2D eigenvalue weighted by Gasteiger charge is -2.02. The SMILES string of the molecule is O=C(Nc1nc2c(s1)-c1cccc3cccc-2c13)c1ccc(-c2nc3ccccc3s2)s1. The van der Waals surface area contributed by atoms with Crippen molar-refractivity contribution in [1.82, 2.24) is 9.97 Å². The number of rotatable bonds is 3. The molecule has 7 heteroatoms. The summed E-state index contributed by atoms with van der Waals surface area (Å²) < 4.78 is 1.15. The smallest absolute Gasteiger partial charge is 0.267 e. The molecule has 0 fully saturated rings. The molecule has 32 heavy (non-hydrogen) atoms. The third kappa shape index (κ3) is 2.69. The van der Waals surface area contributed by atoms with Crippen molar-refractivity contribution in [2.45, 2.75) is 0 Å². The van der Waals surface area contributed by atoms with Gasteiger partial charge in [0.25, 0.3) is 5.91 Å². The van der Waals surface area contributed by atoms with Crippen LogP contribution in [0.5, 0.6) is 0 Å². The molecule has 0 saturated carbocycles. The summed E-state index contributed by atoms with van der Waals surface area (Å²) in [5, 5.41) is 7.04. The minimum atomic E-state index is -0.138. The molecule has 0 bridgehead atoms. The van der Waals surface area contributed by atoms with Gasteiger partial charge < -0.3 is 0 Å². The number of nitrogens with one attached hydrogen (secondary N) is 1. The molecule has 0 aliphatic heterocycles. The van der Waals surface area contributed by atoms with Gasteiger partial charge in [0.05, 0.1) is 30.5 Å². The summed E-state index contributed by atoms with van der Waals surface area (Å²) in [5.74, 6) is -0.138. The lowest BCUT2D eigenvalue weighted by Crippen LogP contribution is -2.09. The number of thiazole rings is 2. The minimum Gasteiger partial charge on any atom is -0.297 e. The van der Waals surface area contributed by atoms with Gasteiger partial charge in [-0.2, -0.15) is 0 Å². The predicted octanol–water partition coefficient (Wildman–Crippen LogP) is 7.53. The highest BCUT2D eigenvalue weighted by Crippen LogP contribution is 2.50. The zero-order valence-corrected chi connectivity index (χ0v) is 18.9. The van der Waals surface area contributed by atoms with Gasteiger partial charge in [0.2, 0.25) is 0 Å². The van der Waals surface area contributed by atoms with Crippen LogP contribution in [0, 0.1) is 0 Å². The van der Waals surface area contributed by atoms with E-state index in [1.165, 1.54) is 39.0 Å². The van der Waals surface area contributed by atoms with Gasteiger partial charge in [-0.25, -0.2) is 9.97 Å². The summed E-state index contributed by atoms with van der Waals surface area (Å²) in [6, 6.07) is 24.5. The molecule has 3 heterocycles. The van der Waals surface area contributed by atoms with E-state index in [4.69, 9.17) is 9.97 Å². The monoisotopic (exact) mass is 467 g/mol. The number of hydrogen-bond donors (Lipinski definition) is 1. The van der Waals surface area contributed by atoms with Crippen LogP contribution in [-0.4, -0.2) is 15.9 Å². The quantitative estimate of drug-likeness (QED) is 0.292. The summed E-state index contributed by atoms with van der Waals surface area (Å²) in [4.78, 5) is 25.2. The van der Waals surface area contributed by atoms with Crippen LogP contribution in [0.2, 0.25) is 0 Å². The molecular formula is C25H13N3OS3. The predicted molar refractivity (Wildman–Crippen MR) is 135 cm³/mol. The first-order chi connectivity index (χ1) is 15.7. The van der Waals surface area contributed by atoms with Gasteiger partial charge in [0.1, 0.15) is 5.01 Å². The number of carbonyl (C=O) groups is 1. The Labute approximate surface area is 194 Å². The van der Waals surface area contributed by atoms with Crippen molar-refractivity contribution in [3.05, 3.63) is 77.7 Å². The summed E-state index contributed by atoms with van der Waals surface area (Å²) in [6.45, 7) is 0. The first-order valence-electron chi connectivity index (χ1n) is 10.0. The van der Waals surface area contributed by atoms with Crippen molar-refractivity contribution in [3.8, 4) is 31.6 Å². The van der Waals surface area contributed by atoms with E-state index < -0.39 is 0 Å². The maximum absolute atomic E-state index is 12.9. The summed E-state index contributed by atoms with van der Waals surface area (Å²) >= 11 is 4.63. The minimum absolute atomic E-state index is 0.138. The number of amides is 1. The lowest BCUT2D eigenvalue weighted by atomic mass is 10.0. The number of thiophene rings is 1. The molecule has 0 spiro atoms. The van der Waals surface area contributed by atoms with Crippen LogP contribution < -0.4 is 5.32 Å². The Morgan fingerprint density at radius 2 is 1.62 bits per heavy atom. The fraction of sp³-hybridized carbons (Fsp3) is 0. The van der Waals surface area contributed by atoms with E-state index in [0.29, 0.717) is 10.0 Å². The van der Waals surface area contributed by atoms with Gasteiger partial charge in [-0.3, -0.25) is 10.1 Å². The number of fused-ring (bicyclic) bond motifs is 4. The van der Waals surface area contributed by atoms with Crippen molar-refractivity contribution in [2.24, 2.45) is 0 Å². The van der Waals surface area contributed by atoms with Crippen molar-refractivity contribution in [3.63, 3.8) is 0 Å². The molecule has 152 valence electrons. The van der Waals surface area contributed by atoms with Crippen molar-refractivity contribution in [2.75, 3.05) is 5.32 Å². The first kappa shape index (κ1) is 18.2. The van der Waals surface area contributed by atoms with Crippen LogP contribution >= 0.6 is 34.0 Å². The molecule has 1 amide bonds. The average molecular weight is 468 g/mol. The fourth-order valence-corrected chi connectivity index (χ4v) is 7.11. The van der Waals surface area contributed by atoms with E-state index in [-0.39, 0.29) is 5.91 Å². The van der Waals surface area contributed by atoms with Crippen LogP contribution in [0.25, 0.3) is 52.6 Å². The Kier molecular flexibility index (Phi) is 3.87.